The number of aryl methyl sites for hydroxylation is 1. The molecule has 0 heterocycles. The quantitative estimate of drug-likeness (QED) is 0.468. The Bertz CT molecular complexity index is 1100. The molecule has 0 saturated heterocycles. The molecule has 0 saturated carbocycles. The smallest absolute Gasteiger partial charge is 0.262 e. The van der Waals surface area contributed by atoms with Crippen molar-refractivity contribution < 1.29 is 14.3 Å². The number of halogens is 1. The van der Waals surface area contributed by atoms with Crippen LogP contribution in [0, 0.1) is 6.92 Å². The van der Waals surface area contributed by atoms with Gasteiger partial charge in [-0.25, -0.2) is 0 Å². The Hall–Kier alpha value is -3.31. The van der Waals surface area contributed by atoms with Gasteiger partial charge in [-0.15, -0.1) is 0 Å². The molecular formula is C26H27ClN2O3. The van der Waals surface area contributed by atoms with Gasteiger partial charge in [0.2, 0.25) is 0 Å². The maximum Gasteiger partial charge on any atom is 0.262 e. The second-order valence-electron chi connectivity index (χ2n) is 8.61. The number of carbonyl (C=O) groups is 2. The van der Waals surface area contributed by atoms with E-state index in [9.17, 15) is 9.59 Å². The van der Waals surface area contributed by atoms with Crippen molar-refractivity contribution in [3.8, 4) is 5.75 Å². The molecule has 0 aliphatic rings. The van der Waals surface area contributed by atoms with Gasteiger partial charge >= 0.3 is 0 Å². The number of nitrogens with one attached hydrogen (secondary N) is 2. The van der Waals surface area contributed by atoms with Crippen molar-refractivity contribution in [3.05, 3.63) is 88.4 Å². The number of hydrogen-bond donors (Lipinski definition) is 2. The van der Waals surface area contributed by atoms with Gasteiger partial charge in [-0.3, -0.25) is 9.59 Å². The number of rotatable bonds is 6. The molecule has 3 rings (SSSR count). The lowest BCUT2D eigenvalue weighted by molar-refractivity contribution is -0.118. The highest BCUT2D eigenvalue weighted by molar-refractivity contribution is 6.31. The van der Waals surface area contributed by atoms with Crippen LogP contribution in [-0.4, -0.2) is 18.4 Å². The Balaban J connectivity index is 1.52. The van der Waals surface area contributed by atoms with Crippen LogP contribution in [0.25, 0.3) is 0 Å². The van der Waals surface area contributed by atoms with Gasteiger partial charge in [0.15, 0.2) is 6.61 Å². The van der Waals surface area contributed by atoms with E-state index >= 15 is 0 Å². The normalized spacial score (nSPS) is 11.0. The molecule has 2 N–H and O–H groups in total. The van der Waals surface area contributed by atoms with Crippen LogP contribution in [0.15, 0.2) is 66.7 Å². The number of amides is 2. The summed E-state index contributed by atoms with van der Waals surface area (Å²) in [5.74, 6) is 0.109. The molecule has 0 atom stereocenters. The van der Waals surface area contributed by atoms with Crippen LogP contribution in [0.3, 0.4) is 0 Å². The Morgan fingerprint density at radius 3 is 2.03 bits per heavy atom. The summed E-state index contributed by atoms with van der Waals surface area (Å²) >= 11 is 5.99. The second kappa shape index (κ2) is 9.88. The van der Waals surface area contributed by atoms with E-state index in [-0.39, 0.29) is 23.8 Å². The van der Waals surface area contributed by atoms with Crippen molar-refractivity contribution in [1.29, 1.82) is 0 Å². The van der Waals surface area contributed by atoms with Crippen molar-refractivity contribution in [2.24, 2.45) is 0 Å². The molecule has 2 amide bonds. The highest BCUT2D eigenvalue weighted by Gasteiger charge is 2.14. The minimum atomic E-state index is -0.284. The average Bonchev–Trinajstić information content (AvgIpc) is 2.75. The molecule has 3 aromatic carbocycles. The van der Waals surface area contributed by atoms with Crippen LogP contribution < -0.4 is 15.4 Å². The Morgan fingerprint density at radius 2 is 1.47 bits per heavy atom. The summed E-state index contributed by atoms with van der Waals surface area (Å²) in [6, 6.07) is 19.8. The third-order valence-corrected chi connectivity index (χ3v) is 5.36. The third kappa shape index (κ3) is 6.34. The number of anilines is 2. The first-order valence-electron chi connectivity index (χ1n) is 10.3. The van der Waals surface area contributed by atoms with E-state index in [1.54, 1.807) is 42.5 Å². The van der Waals surface area contributed by atoms with Gasteiger partial charge in [0.25, 0.3) is 11.8 Å². The van der Waals surface area contributed by atoms with Gasteiger partial charge in [0.05, 0.1) is 0 Å². The van der Waals surface area contributed by atoms with Gasteiger partial charge in [-0.1, -0.05) is 44.5 Å². The van der Waals surface area contributed by atoms with E-state index < -0.39 is 0 Å². The molecule has 166 valence electrons. The molecule has 0 aromatic heterocycles. The molecule has 6 heteroatoms. The molecule has 0 aliphatic heterocycles. The predicted molar refractivity (Wildman–Crippen MR) is 130 cm³/mol. The summed E-state index contributed by atoms with van der Waals surface area (Å²) in [5.41, 5.74) is 3.93. The predicted octanol–water partition coefficient (Wildman–Crippen LogP) is 6.22. The number of ether oxygens (including phenoxy) is 1. The SMILES string of the molecule is Cc1cc(OCC(=O)Nc2ccc(NC(=O)c3ccc(C(C)(C)C)cc3)cc2)ccc1Cl. The highest BCUT2D eigenvalue weighted by Crippen LogP contribution is 2.23. The molecular weight excluding hydrogens is 424 g/mol. The summed E-state index contributed by atoms with van der Waals surface area (Å²) in [6.45, 7) is 8.15. The fourth-order valence-electron chi connectivity index (χ4n) is 3.01. The summed E-state index contributed by atoms with van der Waals surface area (Å²) < 4.78 is 5.50. The molecule has 5 nitrogen and oxygen atoms in total. The first-order chi connectivity index (χ1) is 15.1. The maximum atomic E-state index is 12.5. The number of hydrogen-bond acceptors (Lipinski definition) is 3. The standard InChI is InChI=1S/C26H27ClN2O3/c1-17-15-22(13-14-23(17)27)32-16-24(30)28-20-9-11-21(12-10-20)29-25(31)18-5-7-19(8-6-18)26(2,3)4/h5-15H,16H2,1-4H3,(H,28,30)(H,29,31). The Labute approximate surface area is 193 Å². The highest BCUT2D eigenvalue weighted by atomic mass is 35.5. The zero-order valence-corrected chi connectivity index (χ0v) is 19.4. The zero-order chi connectivity index (χ0) is 23.3. The number of carbonyl (C=O) groups excluding carboxylic acids is 2. The third-order valence-electron chi connectivity index (χ3n) is 4.94. The lowest BCUT2D eigenvalue weighted by atomic mass is 9.87. The van der Waals surface area contributed by atoms with Crippen LogP contribution in [-0.2, 0) is 10.2 Å². The van der Waals surface area contributed by atoms with Gasteiger partial charge in [-0.2, -0.15) is 0 Å². The molecule has 0 bridgehead atoms. The van der Waals surface area contributed by atoms with Crippen LogP contribution in [0.4, 0.5) is 11.4 Å². The average molecular weight is 451 g/mol. The van der Waals surface area contributed by atoms with Crippen molar-refractivity contribution in [3.63, 3.8) is 0 Å². The fraction of sp³-hybridized carbons (Fsp3) is 0.231. The lowest BCUT2D eigenvalue weighted by Crippen LogP contribution is -2.20. The van der Waals surface area contributed by atoms with Crippen LogP contribution in [0.1, 0.15) is 42.3 Å². The van der Waals surface area contributed by atoms with E-state index in [4.69, 9.17) is 16.3 Å². The molecule has 0 unspecified atom stereocenters. The molecule has 0 spiro atoms. The fourth-order valence-corrected chi connectivity index (χ4v) is 3.13. The largest absolute Gasteiger partial charge is 0.484 e. The lowest BCUT2D eigenvalue weighted by Gasteiger charge is -2.19. The number of benzene rings is 3. The second-order valence-corrected chi connectivity index (χ2v) is 9.01. The Kier molecular flexibility index (Phi) is 7.21. The van der Waals surface area contributed by atoms with Crippen LogP contribution in [0.2, 0.25) is 5.02 Å². The van der Waals surface area contributed by atoms with Crippen molar-refractivity contribution in [1.82, 2.24) is 0 Å². The van der Waals surface area contributed by atoms with E-state index in [0.717, 1.165) is 5.56 Å². The summed E-state index contributed by atoms with van der Waals surface area (Å²) in [7, 11) is 0. The zero-order valence-electron chi connectivity index (χ0n) is 18.7. The van der Waals surface area contributed by atoms with Crippen molar-refractivity contribution in [2.75, 3.05) is 17.2 Å². The van der Waals surface area contributed by atoms with Gasteiger partial charge in [-0.05, 0) is 78.1 Å². The van der Waals surface area contributed by atoms with Crippen molar-refractivity contribution in [2.45, 2.75) is 33.1 Å². The van der Waals surface area contributed by atoms with E-state index in [1.165, 1.54) is 5.56 Å². The molecule has 0 aliphatic carbocycles. The van der Waals surface area contributed by atoms with Crippen LogP contribution in [0.5, 0.6) is 5.75 Å². The van der Waals surface area contributed by atoms with Crippen molar-refractivity contribution >= 4 is 34.8 Å². The maximum absolute atomic E-state index is 12.5. The van der Waals surface area contributed by atoms with Crippen LogP contribution >= 0.6 is 11.6 Å². The van der Waals surface area contributed by atoms with E-state index in [1.807, 2.05) is 31.2 Å². The molecule has 0 radical (unpaired) electrons. The summed E-state index contributed by atoms with van der Waals surface area (Å²) in [6.07, 6.45) is 0. The Morgan fingerprint density at radius 1 is 0.875 bits per heavy atom. The molecule has 0 fully saturated rings. The monoisotopic (exact) mass is 450 g/mol. The minimum Gasteiger partial charge on any atom is -0.484 e. The van der Waals surface area contributed by atoms with Gasteiger partial charge in [0.1, 0.15) is 5.75 Å². The first kappa shape index (κ1) is 23.4. The van der Waals surface area contributed by atoms with E-state index in [2.05, 4.69) is 31.4 Å². The molecule has 3 aromatic rings. The van der Waals surface area contributed by atoms with Gasteiger partial charge < -0.3 is 15.4 Å². The first-order valence-corrected chi connectivity index (χ1v) is 10.7. The summed E-state index contributed by atoms with van der Waals surface area (Å²) in [4.78, 5) is 24.6. The summed E-state index contributed by atoms with van der Waals surface area (Å²) in [5, 5.41) is 6.28. The molecule has 32 heavy (non-hydrogen) atoms. The van der Waals surface area contributed by atoms with Gasteiger partial charge in [0, 0.05) is 22.0 Å². The van der Waals surface area contributed by atoms with E-state index in [0.29, 0.717) is 27.7 Å². The minimum absolute atomic E-state index is 0.0358. The topological polar surface area (TPSA) is 67.4 Å².